The molecule has 0 aliphatic heterocycles. The summed E-state index contributed by atoms with van der Waals surface area (Å²) in [5.74, 6) is 1.21. The Kier molecular flexibility index (Phi) is 4.43. The molecule has 3 aromatic rings. The molecule has 0 saturated heterocycles. The van der Waals surface area contributed by atoms with Crippen molar-refractivity contribution in [3.63, 3.8) is 0 Å². The molecule has 2 heterocycles. The van der Waals surface area contributed by atoms with Crippen molar-refractivity contribution in [3.05, 3.63) is 45.6 Å². The summed E-state index contributed by atoms with van der Waals surface area (Å²) in [6, 6.07) is 9.21. The van der Waals surface area contributed by atoms with E-state index >= 15 is 0 Å². The van der Waals surface area contributed by atoms with Crippen molar-refractivity contribution in [2.45, 2.75) is 26.2 Å². The predicted octanol–water partition coefficient (Wildman–Crippen LogP) is 3.32. The van der Waals surface area contributed by atoms with E-state index in [1.165, 1.54) is 0 Å². The quantitative estimate of drug-likeness (QED) is 0.761. The van der Waals surface area contributed by atoms with Gasteiger partial charge in [-0.2, -0.15) is 0 Å². The number of nitrogens with one attached hydrogen (secondary N) is 1. The summed E-state index contributed by atoms with van der Waals surface area (Å²) in [5.41, 5.74) is 0.683. The topological polar surface area (TPSA) is 75.2 Å². The first-order valence-electron chi connectivity index (χ1n) is 7.77. The number of aromatic nitrogens is 2. The van der Waals surface area contributed by atoms with E-state index in [1.54, 1.807) is 23.5 Å². The van der Waals surface area contributed by atoms with E-state index < -0.39 is 0 Å². The summed E-state index contributed by atoms with van der Waals surface area (Å²) < 4.78 is 5.34. The lowest BCUT2D eigenvalue weighted by Gasteiger charge is -2.14. The van der Waals surface area contributed by atoms with Crippen LogP contribution in [0.25, 0.3) is 21.6 Å². The van der Waals surface area contributed by atoms with E-state index in [2.05, 4.69) is 30.7 Å². The minimum Gasteiger partial charge on any atom is -0.491 e. The SMILES string of the molecule is CC(C)(C)c1cc2c(=O)[nH]c(-c3ccc(OCCO)cc3)nc2s1. The van der Waals surface area contributed by atoms with Gasteiger partial charge in [-0.05, 0) is 35.7 Å². The van der Waals surface area contributed by atoms with E-state index in [1.807, 2.05) is 18.2 Å². The summed E-state index contributed by atoms with van der Waals surface area (Å²) in [5, 5.41) is 9.41. The maximum absolute atomic E-state index is 12.4. The number of thiophene rings is 1. The molecule has 2 aromatic heterocycles. The number of hydrogen-bond donors (Lipinski definition) is 2. The number of hydrogen-bond acceptors (Lipinski definition) is 5. The van der Waals surface area contributed by atoms with Crippen molar-refractivity contribution < 1.29 is 9.84 Å². The predicted molar refractivity (Wildman–Crippen MR) is 97.0 cm³/mol. The molecule has 6 heteroatoms. The number of fused-ring (bicyclic) bond motifs is 1. The highest BCUT2D eigenvalue weighted by atomic mass is 32.1. The van der Waals surface area contributed by atoms with Crippen LogP contribution in [0.1, 0.15) is 25.6 Å². The van der Waals surface area contributed by atoms with E-state index in [0.29, 0.717) is 17.0 Å². The molecule has 0 amide bonds. The molecular weight excluding hydrogens is 324 g/mol. The largest absolute Gasteiger partial charge is 0.491 e. The van der Waals surface area contributed by atoms with Gasteiger partial charge in [0.2, 0.25) is 0 Å². The average Bonchev–Trinajstić information content (AvgIpc) is 2.98. The van der Waals surface area contributed by atoms with Crippen molar-refractivity contribution >= 4 is 21.6 Å². The lowest BCUT2D eigenvalue weighted by Crippen LogP contribution is -2.09. The highest BCUT2D eigenvalue weighted by Crippen LogP contribution is 2.32. The van der Waals surface area contributed by atoms with Gasteiger partial charge in [0.15, 0.2) is 0 Å². The standard InChI is InChI=1S/C18H20N2O3S/c1-18(2,3)14-10-13-16(22)19-15(20-17(13)24-14)11-4-6-12(7-5-11)23-9-8-21/h4-7,10,21H,8-9H2,1-3H3,(H,19,20,22). The first-order valence-corrected chi connectivity index (χ1v) is 8.58. The third-order valence-corrected chi connectivity index (χ3v) is 5.08. The third-order valence-electron chi connectivity index (χ3n) is 3.63. The Morgan fingerprint density at radius 1 is 1.25 bits per heavy atom. The summed E-state index contributed by atoms with van der Waals surface area (Å²) >= 11 is 1.56. The molecular formula is C18H20N2O3S. The van der Waals surface area contributed by atoms with Gasteiger partial charge in [0.1, 0.15) is 23.0 Å². The fraction of sp³-hybridized carbons (Fsp3) is 0.333. The molecule has 3 rings (SSSR count). The first-order chi connectivity index (χ1) is 11.4. The van der Waals surface area contributed by atoms with Crippen molar-refractivity contribution in [1.29, 1.82) is 0 Å². The Labute approximate surface area is 144 Å². The zero-order valence-corrected chi connectivity index (χ0v) is 14.7. The maximum Gasteiger partial charge on any atom is 0.259 e. The number of benzene rings is 1. The lowest BCUT2D eigenvalue weighted by molar-refractivity contribution is 0.201. The number of aliphatic hydroxyl groups excluding tert-OH is 1. The van der Waals surface area contributed by atoms with Crippen molar-refractivity contribution in [1.82, 2.24) is 9.97 Å². The Balaban J connectivity index is 1.99. The zero-order valence-electron chi connectivity index (χ0n) is 13.9. The van der Waals surface area contributed by atoms with Gasteiger partial charge >= 0.3 is 0 Å². The van der Waals surface area contributed by atoms with Crippen LogP contribution in [-0.4, -0.2) is 28.3 Å². The van der Waals surface area contributed by atoms with E-state index in [9.17, 15) is 4.79 Å². The van der Waals surface area contributed by atoms with Crippen LogP contribution in [0.3, 0.4) is 0 Å². The summed E-state index contributed by atoms with van der Waals surface area (Å²) in [7, 11) is 0. The van der Waals surface area contributed by atoms with E-state index in [-0.39, 0.29) is 24.2 Å². The van der Waals surface area contributed by atoms with Gasteiger partial charge in [0.05, 0.1) is 12.0 Å². The Hall–Kier alpha value is -2.18. The molecule has 0 saturated carbocycles. The van der Waals surface area contributed by atoms with Crippen LogP contribution in [0, 0.1) is 0 Å². The molecule has 5 nitrogen and oxygen atoms in total. The van der Waals surface area contributed by atoms with Gasteiger partial charge in [-0.25, -0.2) is 4.98 Å². The third kappa shape index (κ3) is 3.34. The molecule has 1 aromatic carbocycles. The van der Waals surface area contributed by atoms with Crippen molar-refractivity contribution in [2.75, 3.05) is 13.2 Å². The number of rotatable bonds is 4. The lowest BCUT2D eigenvalue weighted by atomic mass is 9.94. The Morgan fingerprint density at radius 3 is 2.58 bits per heavy atom. The van der Waals surface area contributed by atoms with Crippen molar-refractivity contribution in [3.8, 4) is 17.1 Å². The number of nitrogens with zero attached hydrogens (tertiary/aromatic N) is 1. The van der Waals surface area contributed by atoms with Crippen LogP contribution in [0.5, 0.6) is 5.75 Å². The highest BCUT2D eigenvalue weighted by molar-refractivity contribution is 7.18. The van der Waals surface area contributed by atoms with E-state index in [0.717, 1.165) is 15.3 Å². The summed E-state index contributed by atoms with van der Waals surface area (Å²) in [6.45, 7) is 6.60. The molecule has 0 fully saturated rings. The number of ether oxygens (including phenoxy) is 1. The van der Waals surface area contributed by atoms with Crippen LogP contribution in [0.4, 0.5) is 0 Å². The van der Waals surface area contributed by atoms with Crippen LogP contribution in [-0.2, 0) is 5.41 Å². The number of aliphatic hydroxyl groups is 1. The molecule has 126 valence electrons. The molecule has 0 unspecified atom stereocenters. The molecule has 0 aliphatic carbocycles. The molecule has 0 bridgehead atoms. The van der Waals surface area contributed by atoms with Gasteiger partial charge in [0.25, 0.3) is 5.56 Å². The second-order valence-electron chi connectivity index (χ2n) is 6.59. The minimum absolute atomic E-state index is 0.0103. The molecule has 0 radical (unpaired) electrons. The average molecular weight is 344 g/mol. The Bertz CT molecular complexity index is 905. The first kappa shape index (κ1) is 16.7. The molecule has 24 heavy (non-hydrogen) atoms. The smallest absolute Gasteiger partial charge is 0.259 e. The number of aromatic amines is 1. The van der Waals surface area contributed by atoms with Gasteiger partial charge in [0, 0.05) is 10.4 Å². The fourth-order valence-corrected chi connectivity index (χ4v) is 3.40. The molecule has 0 spiro atoms. The summed E-state index contributed by atoms with van der Waals surface area (Å²) in [4.78, 5) is 21.7. The maximum atomic E-state index is 12.4. The van der Waals surface area contributed by atoms with Crippen LogP contribution in [0.2, 0.25) is 0 Å². The highest BCUT2D eigenvalue weighted by Gasteiger charge is 2.19. The zero-order chi connectivity index (χ0) is 17.3. The van der Waals surface area contributed by atoms with E-state index in [4.69, 9.17) is 9.84 Å². The van der Waals surface area contributed by atoms with Gasteiger partial charge in [-0.1, -0.05) is 20.8 Å². The molecule has 2 N–H and O–H groups in total. The van der Waals surface area contributed by atoms with Crippen molar-refractivity contribution in [2.24, 2.45) is 0 Å². The molecule has 0 atom stereocenters. The van der Waals surface area contributed by atoms with Crippen LogP contribution < -0.4 is 10.3 Å². The number of H-pyrrole nitrogens is 1. The second kappa shape index (κ2) is 6.37. The minimum atomic E-state index is -0.123. The second-order valence-corrected chi connectivity index (χ2v) is 7.62. The molecule has 0 aliphatic rings. The van der Waals surface area contributed by atoms with Gasteiger partial charge in [-0.3, -0.25) is 4.79 Å². The Morgan fingerprint density at radius 2 is 1.96 bits per heavy atom. The fourth-order valence-electron chi connectivity index (χ4n) is 2.31. The normalized spacial score (nSPS) is 11.8. The van der Waals surface area contributed by atoms with Crippen LogP contribution in [0.15, 0.2) is 35.1 Å². The summed E-state index contributed by atoms with van der Waals surface area (Å²) in [6.07, 6.45) is 0. The van der Waals surface area contributed by atoms with Crippen LogP contribution >= 0.6 is 11.3 Å². The monoisotopic (exact) mass is 344 g/mol. The van der Waals surface area contributed by atoms with Gasteiger partial charge < -0.3 is 14.8 Å². The van der Waals surface area contributed by atoms with Gasteiger partial charge in [-0.15, -0.1) is 11.3 Å².